The SMILES string of the molecule is CCN(CC)C(C)c1cc(C(C)N(CC)CC)c(O)c(C(C)N(CC)CC)c1. The third-order valence-electron chi connectivity index (χ3n) is 6.65. The highest BCUT2D eigenvalue weighted by molar-refractivity contribution is 5.47. The first kappa shape index (κ1) is 24.9. The van der Waals surface area contributed by atoms with E-state index in [1.807, 2.05) is 0 Å². The van der Waals surface area contributed by atoms with Crippen LogP contribution >= 0.6 is 0 Å². The van der Waals surface area contributed by atoms with E-state index in [2.05, 4.69) is 89.1 Å². The van der Waals surface area contributed by atoms with Crippen LogP contribution in [-0.2, 0) is 0 Å². The molecule has 0 fully saturated rings. The van der Waals surface area contributed by atoms with Crippen LogP contribution in [0.25, 0.3) is 0 Å². The molecule has 0 spiro atoms. The molecule has 1 aromatic rings. The van der Waals surface area contributed by atoms with E-state index in [-0.39, 0.29) is 12.1 Å². The van der Waals surface area contributed by atoms with Crippen LogP contribution in [0.5, 0.6) is 5.75 Å². The molecule has 1 N–H and O–H groups in total. The minimum absolute atomic E-state index is 0.196. The van der Waals surface area contributed by atoms with Crippen LogP contribution in [0.15, 0.2) is 12.1 Å². The first-order chi connectivity index (χ1) is 13.3. The van der Waals surface area contributed by atoms with Crippen LogP contribution < -0.4 is 0 Å². The predicted molar refractivity (Wildman–Crippen MR) is 122 cm³/mol. The number of nitrogens with zero attached hydrogens (tertiary/aromatic N) is 3. The summed E-state index contributed by atoms with van der Waals surface area (Å²) in [5.74, 6) is 0.481. The van der Waals surface area contributed by atoms with Crippen molar-refractivity contribution in [2.45, 2.75) is 80.4 Å². The van der Waals surface area contributed by atoms with E-state index in [1.54, 1.807) is 0 Å². The molecule has 3 unspecified atom stereocenters. The highest BCUT2D eigenvalue weighted by atomic mass is 16.3. The average molecular weight is 392 g/mol. The van der Waals surface area contributed by atoms with Crippen molar-refractivity contribution in [2.75, 3.05) is 39.3 Å². The van der Waals surface area contributed by atoms with E-state index in [9.17, 15) is 5.11 Å². The zero-order valence-electron chi connectivity index (χ0n) is 19.9. The second-order valence-corrected chi connectivity index (χ2v) is 7.74. The lowest BCUT2D eigenvalue weighted by atomic mass is 9.92. The van der Waals surface area contributed by atoms with Gasteiger partial charge in [-0.1, -0.05) is 41.5 Å². The molecular formula is C24H45N3O. The van der Waals surface area contributed by atoms with Gasteiger partial charge in [0.2, 0.25) is 0 Å². The molecule has 0 aliphatic heterocycles. The standard InChI is InChI=1S/C24H45N3O/c1-10-25(11-2)18(7)21-16-22(19(8)26(12-3)13-4)24(28)23(17-21)20(9)27(14-5)15-6/h16-20,28H,10-15H2,1-9H3. The molecule has 3 atom stereocenters. The van der Waals surface area contributed by atoms with E-state index in [0.717, 1.165) is 50.4 Å². The summed E-state index contributed by atoms with van der Waals surface area (Å²) in [6.45, 7) is 25.9. The Hall–Kier alpha value is -1.10. The monoisotopic (exact) mass is 391 g/mol. The lowest BCUT2D eigenvalue weighted by Crippen LogP contribution is -2.30. The van der Waals surface area contributed by atoms with Crippen LogP contribution in [-0.4, -0.2) is 59.1 Å². The van der Waals surface area contributed by atoms with Crippen molar-refractivity contribution in [3.05, 3.63) is 28.8 Å². The van der Waals surface area contributed by atoms with Gasteiger partial charge in [-0.15, -0.1) is 0 Å². The Kier molecular flexibility index (Phi) is 10.5. The average Bonchev–Trinajstić information content (AvgIpc) is 2.70. The topological polar surface area (TPSA) is 30.0 Å². The van der Waals surface area contributed by atoms with Gasteiger partial charge in [0.25, 0.3) is 0 Å². The van der Waals surface area contributed by atoms with Gasteiger partial charge in [-0.3, -0.25) is 14.7 Å². The molecule has 0 radical (unpaired) electrons. The first-order valence-electron chi connectivity index (χ1n) is 11.4. The molecule has 28 heavy (non-hydrogen) atoms. The van der Waals surface area contributed by atoms with Gasteiger partial charge in [0.1, 0.15) is 5.75 Å². The summed E-state index contributed by atoms with van der Waals surface area (Å²) in [4.78, 5) is 7.30. The number of rotatable bonds is 12. The van der Waals surface area contributed by atoms with E-state index in [1.165, 1.54) is 5.56 Å². The molecule has 0 amide bonds. The highest BCUT2D eigenvalue weighted by Crippen LogP contribution is 2.39. The van der Waals surface area contributed by atoms with Gasteiger partial charge in [-0.05, 0) is 77.7 Å². The summed E-state index contributed by atoms with van der Waals surface area (Å²) in [7, 11) is 0. The molecule has 1 aromatic carbocycles. The highest BCUT2D eigenvalue weighted by Gasteiger charge is 2.25. The lowest BCUT2D eigenvalue weighted by molar-refractivity contribution is 0.216. The lowest BCUT2D eigenvalue weighted by Gasteiger charge is -2.33. The molecule has 0 bridgehead atoms. The Bertz CT molecular complexity index is 538. The number of benzene rings is 1. The number of hydrogen-bond donors (Lipinski definition) is 1. The second kappa shape index (κ2) is 11.8. The van der Waals surface area contributed by atoms with Crippen molar-refractivity contribution in [3.63, 3.8) is 0 Å². The smallest absolute Gasteiger partial charge is 0.125 e. The van der Waals surface area contributed by atoms with E-state index >= 15 is 0 Å². The van der Waals surface area contributed by atoms with Crippen molar-refractivity contribution in [1.82, 2.24) is 14.7 Å². The fourth-order valence-electron chi connectivity index (χ4n) is 4.50. The van der Waals surface area contributed by atoms with E-state index in [0.29, 0.717) is 11.8 Å². The Morgan fingerprint density at radius 3 is 1.18 bits per heavy atom. The quantitative estimate of drug-likeness (QED) is 0.502. The molecular weight excluding hydrogens is 346 g/mol. The minimum atomic E-state index is 0.196. The van der Waals surface area contributed by atoms with E-state index in [4.69, 9.17) is 0 Å². The predicted octanol–water partition coefficient (Wildman–Crippen LogP) is 5.60. The summed E-state index contributed by atoms with van der Waals surface area (Å²) in [5, 5.41) is 11.3. The van der Waals surface area contributed by atoms with Gasteiger partial charge in [-0.2, -0.15) is 0 Å². The van der Waals surface area contributed by atoms with Gasteiger partial charge in [0.15, 0.2) is 0 Å². The van der Waals surface area contributed by atoms with Gasteiger partial charge >= 0.3 is 0 Å². The fourth-order valence-corrected chi connectivity index (χ4v) is 4.50. The minimum Gasteiger partial charge on any atom is -0.507 e. The molecule has 0 aromatic heterocycles. The van der Waals surface area contributed by atoms with Crippen molar-refractivity contribution in [3.8, 4) is 5.75 Å². The van der Waals surface area contributed by atoms with Gasteiger partial charge in [0, 0.05) is 29.3 Å². The largest absolute Gasteiger partial charge is 0.507 e. The third-order valence-corrected chi connectivity index (χ3v) is 6.65. The number of aromatic hydroxyl groups is 1. The maximum absolute atomic E-state index is 11.3. The van der Waals surface area contributed by atoms with Crippen molar-refractivity contribution in [2.24, 2.45) is 0 Å². The number of hydrogen-bond acceptors (Lipinski definition) is 4. The van der Waals surface area contributed by atoms with Crippen molar-refractivity contribution < 1.29 is 5.11 Å². The zero-order valence-corrected chi connectivity index (χ0v) is 19.9. The Morgan fingerprint density at radius 1 is 0.607 bits per heavy atom. The van der Waals surface area contributed by atoms with Crippen LogP contribution in [0.4, 0.5) is 0 Å². The second-order valence-electron chi connectivity index (χ2n) is 7.74. The molecule has 0 aliphatic carbocycles. The summed E-state index contributed by atoms with van der Waals surface area (Å²) in [5.41, 5.74) is 3.44. The zero-order chi connectivity index (χ0) is 21.4. The molecule has 1 rings (SSSR count). The molecule has 0 saturated heterocycles. The third kappa shape index (κ3) is 5.49. The van der Waals surface area contributed by atoms with Crippen molar-refractivity contribution >= 4 is 0 Å². The van der Waals surface area contributed by atoms with Crippen LogP contribution in [0, 0.1) is 0 Å². The van der Waals surface area contributed by atoms with Gasteiger partial charge in [-0.25, -0.2) is 0 Å². The summed E-state index contributed by atoms with van der Waals surface area (Å²) >= 11 is 0. The summed E-state index contributed by atoms with van der Waals surface area (Å²) in [6, 6.07) is 5.23. The maximum atomic E-state index is 11.3. The van der Waals surface area contributed by atoms with Crippen LogP contribution in [0.1, 0.15) is 97.1 Å². The van der Waals surface area contributed by atoms with Crippen LogP contribution in [0.2, 0.25) is 0 Å². The Labute approximate surface area is 174 Å². The molecule has 4 nitrogen and oxygen atoms in total. The molecule has 0 heterocycles. The molecule has 162 valence electrons. The van der Waals surface area contributed by atoms with Gasteiger partial charge < -0.3 is 5.11 Å². The maximum Gasteiger partial charge on any atom is 0.125 e. The van der Waals surface area contributed by atoms with E-state index < -0.39 is 0 Å². The summed E-state index contributed by atoms with van der Waals surface area (Å²) in [6.07, 6.45) is 0. The van der Waals surface area contributed by atoms with Crippen LogP contribution in [0.3, 0.4) is 0 Å². The molecule has 0 aliphatic rings. The Morgan fingerprint density at radius 2 is 0.893 bits per heavy atom. The van der Waals surface area contributed by atoms with Crippen molar-refractivity contribution in [1.29, 1.82) is 0 Å². The normalized spacial score (nSPS) is 15.4. The molecule has 0 saturated carbocycles. The number of phenolic OH excluding ortho intramolecular Hbond substituents is 1. The number of phenols is 1. The molecule has 4 heteroatoms. The first-order valence-corrected chi connectivity index (χ1v) is 11.4. The van der Waals surface area contributed by atoms with Gasteiger partial charge in [0.05, 0.1) is 0 Å². The Balaban J connectivity index is 3.57. The summed E-state index contributed by atoms with van der Waals surface area (Å²) < 4.78 is 0. The fraction of sp³-hybridized carbons (Fsp3) is 0.750.